The lowest BCUT2D eigenvalue weighted by molar-refractivity contribution is -0.117. The van der Waals surface area contributed by atoms with Gasteiger partial charge in [-0.25, -0.2) is 4.98 Å². The fraction of sp³-hybridized carbons (Fsp3) is 0.400. The molecule has 1 aromatic heterocycles. The van der Waals surface area contributed by atoms with Crippen molar-refractivity contribution in [3.63, 3.8) is 0 Å². The van der Waals surface area contributed by atoms with Crippen molar-refractivity contribution in [2.45, 2.75) is 25.9 Å². The van der Waals surface area contributed by atoms with Crippen LogP contribution in [0.1, 0.15) is 18.9 Å². The summed E-state index contributed by atoms with van der Waals surface area (Å²) in [7, 11) is 0. The molecule has 1 atom stereocenters. The van der Waals surface area contributed by atoms with Crippen LogP contribution in [0.2, 0.25) is 0 Å². The van der Waals surface area contributed by atoms with Gasteiger partial charge in [0.1, 0.15) is 5.82 Å². The van der Waals surface area contributed by atoms with E-state index in [-0.39, 0.29) is 5.91 Å². The number of amides is 1. The van der Waals surface area contributed by atoms with Gasteiger partial charge in [0, 0.05) is 44.6 Å². The molecule has 2 heterocycles. The van der Waals surface area contributed by atoms with E-state index < -0.39 is 6.04 Å². The van der Waals surface area contributed by atoms with Crippen LogP contribution >= 0.6 is 0 Å². The molecule has 0 saturated carbocycles. The van der Waals surface area contributed by atoms with Crippen LogP contribution in [0, 0.1) is 0 Å². The monoisotopic (exact) mass is 353 g/mol. The van der Waals surface area contributed by atoms with Gasteiger partial charge in [-0.3, -0.25) is 9.69 Å². The van der Waals surface area contributed by atoms with Crippen molar-refractivity contribution in [1.29, 1.82) is 0 Å². The van der Waals surface area contributed by atoms with E-state index in [0.29, 0.717) is 6.42 Å². The second-order valence-corrected chi connectivity index (χ2v) is 6.65. The minimum absolute atomic E-state index is 0.133. The fourth-order valence-corrected chi connectivity index (χ4v) is 3.05. The van der Waals surface area contributed by atoms with E-state index in [4.69, 9.17) is 5.73 Å². The molecular formula is C20H27N5O. The molecule has 1 aromatic carbocycles. The van der Waals surface area contributed by atoms with Gasteiger partial charge in [0.15, 0.2) is 0 Å². The number of hydrogen-bond acceptors (Lipinski definition) is 5. The second-order valence-electron chi connectivity index (χ2n) is 6.65. The van der Waals surface area contributed by atoms with Crippen LogP contribution in [-0.2, 0) is 11.3 Å². The summed E-state index contributed by atoms with van der Waals surface area (Å²) in [4.78, 5) is 21.0. The summed E-state index contributed by atoms with van der Waals surface area (Å²) < 4.78 is 0. The Labute approximate surface area is 155 Å². The predicted molar refractivity (Wildman–Crippen MR) is 105 cm³/mol. The fourth-order valence-electron chi connectivity index (χ4n) is 3.05. The number of rotatable bonds is 6. The Bertz CT molecular complexity index is 696. The lowest BCUT2D eigenvalue weighted by Crippen LogP contribution is -2.46. The molecular weight excluding hydrogens is 326 g/mol. The Morgan fingerprint density at radius 3 is 2.50 bits per heavy atom. The molecule has 138 valence electrons. The van der Waals surface area contributed by atoms with Crippen molar-refractivity contribution in [2.24, 2.45) is 5.73 Å². The molecule has 1 amide bonds. The smallest absolute Gasteiger partial charge is 0.241 e. The SMILES string of the molecule is CC[C@H](N)C(=O)Nc1ccc(CN2CCN(c3ccccn3)CC2)cc1. The van der Waals surface area contributed by atoms with Gasteiger partial charge in [-0.15, -0.1) is 0 Å². The van der Waals surface area contributed by atoms with Crippen molar-refractivity contribution in [3.8, 4) is 0 Å². The quantitative estimate of drug-likeness (QED) is 0.832. The molecule has 1 saturated heterocycles. The number of hydrogen-bond donors (Lipinski definition) is 2. The summed E-state index contributed by atoms with van der Waals surface area (Å²) in [6.07, 6.45) is 2.48. The third kappa shape index (κ3) is 4.80. The van der Waals surface area contributed by atoms with Crippen molar-refractivity contribution >= 4 is 17.4 Å². The predicted octanol–water partition coefficient (Wildman–Crippen LogP) is 2.08. The Kier molecular flexibility index (Phi) is 6.20. The number of nitrogens with one attached hydrogen (secondary N) is 1. The van der Waals surface area contributed by atoms with Gasteiger partial charge in [-0.05, 0) is 36.2 Å². The Balaban J connectivity index is 1.49. The van der Waals surface area contributed by atoms with Gasteiger partial charge in [0.25, 0.3) is 0 Å². The molecule has 0 radical (unpaired) electrons. The van der Waals surface area contributed by atoms with E-state index in [0.717, 1.165) is 44.2 Å². The molecule has 26 heavy (non-hydrogen) atoms. The number of pyridine rings is 1. The molecule has 0 spiro atoms. The average Bonchev–Trinajstić information content (AvgIpc) is 2.70. The summed E-state index contributed by atoms with van der Waals surface area (Å²) in [5, 5.41) is 2.86. The van der Waals surface area contributed by atoms with Gasteiger partial charge < -0.3 is 16.0 Å². The topological polar surface area (TPSA) is 74.5 Å². The molecule has 0 bridgehead atoms. The minimum Gasteiger partial charge on any atom is -0.354 e. The third-order valence-corrected chi connectivity index (χ3v) is 4.75. The van der Waals surface area contributed by atoms with E-state index in [2.05, 4.69) is 38.3 Å². The van der Waals surface area contributed by atoms with E-state index in [9.17, 15) is 4.79 Å². The number of carbonyl (C=O) groups is 1. The first-order chi connectivity index (χ1) is 12.7. The number of benzene rings is 1. The van der Waals surface area contributed by atoms with Crippen molar-refractivity contribution in [2.75, 3.05) is 36.4 Å². The van der Waals surface area contributed by atoms with Gasteiger partial charge >= 0.3 is 0 Å². The normalized spacial score (nSPS) is 16.3. The van der Waals surface area contributed by atoms with Crippen LogP contribution < -0.4 is 16.0 Å². The van der Waals surface area contributed by atoms with Gasteiger partial charge in [0.2, 0.25) is 5.91 Å². The minimum atomic E-state index is -0.454. The van der Waals surface area contributed by atoms with E-state index in [1.54, 1.807) is 0 Å². The maximum atomic E-state index is 11.8. The summed E-state index contributed by atoms with van der Waals surface area (Å²) in [6.45, 7) is 6.82. The lowest BCUT2D eigenvalue weighted by Gasteiger charge is -2.35. The number of anilines is 2. The summed E-state index contributed by atoms with van der Waals surface area (Å²) in [5.74, 6) is 0.920. The Morgan fingerprint density at radius 2 is 1.88 bits per heavy atom. The highest BCUT2D eigenvalue weighted by molar-refractivity contribution is 5.94. The molecule has 3 rings (SSSR count). The van der Waals surface area contributed by atoms with Crippen LogP contribution in [0.25, 0.3) is 0 Å². The highest BCUT2D eigenvalue weighted by Crippen LogP contribution is 2.16. The van der Waals surface area contributed by atoms with Gasteiger partial charge in [-0.2, -0.15) is 0 Å². The van der Waals surface area contributed by atoms with Crippen molar-refractivity contribution in [3.05, 3.63) is 54.2 Å². The maximum absolute atomic E-state index is 11.8. The number of aromatic nitrogens is 1. The Hall–Kier alpha value is -2.44. The largest absolute Gasteiger partial charge is 0.354 e. The molecule has 0 unspecified atom stereocenters. The Morgan fingerprint density at radius 1 is 1.15 bits per heavy atom. The third-order valence-electron chi connectivity index (χ3n) is 4.75. The molecule has 6 heteroatoms. The standard InChI is InChI=1S/C20H27N5O/c1-2-18(21)20(26)23-17-8-6-16(7-9-17)15-24-11-13-25(14-12-24)19-5-3-4-10-22-19/h3-10,18H,2,11-15,21H2,1H3,(H,23,26)/t18-/m0/s1. The van der Waals surface area contributed by atoms with Crippen LogP contribution in [0.4, 0.5) is 11.5 Å². The van der Waals surface area contributed by atoms with E-state index >= 15 is 0 Å². The summed E-state index contributed by atoms with van der Waals surface area (Å²) in [6, 6.07) is 13.6. The van der Waals surface area contributed by atoms with Crippen LogP contribution in [0.15, 0.2) is 48.7 Å². The van der Waals surface area contributed by atoms with Gasteiger partial charge in [-0.1, -0.05) is 25.1 Å². The molecule has 0 aliphatic carbocycles. The second kappa shape index (κ2) is 8.78. The summed E-state index contributed by atoms with van der Waals surface area (Å²) in [5.41, 5.74) is 7.78. The van der Waals surface area contributed by atoms with Crippen LogP contribution in [-0.4, -0.2) is 48.0 Å². The highest BCUT2D eigenvalue weighted by Gasteiger charge is 2.18. The molecule has 1 aliphatic heterocycles. The lowest BCUT2D eigenvalue weighted by atomic mass is 10.1. The average molecular weight is 353 g/mol. The van der Waals surface area contributed by atoms with Crippen LogP contribution in [0.5, 0.6) is 0 Å². The zero-order valence-electron chi connectivity index (χ0n) is 15.3. The number of carbonyl (C=O) groups excluding carboxylic acids is 1. The van der Waals surface area contributed by atoms with Crippen molar-refractivity contribution < 1.29 is 4.79 Å². The van der Waals surface area contributed by atoms with E-state index in [1.807, 2.05) is 37.4 Å². The highest BCUT2D eigenvalue weighted by atomic mass is 16.2. The first-order valence-electron chi connectivity index (χ1n) is 9.19. The first kappa shape index (κ1) is 18.4. The molecule has 1 fully saturated rings. The zero-order chi connectivity index (χ0) is 18.4. The zero-order valence-corrected chi connectivity index (χ0v) is 15.3. The summed E-state index contributed by atoms with van der Waals surface area (Å²) >= 11 is 0. The van der Waals surface area contributed by atoms with Crippen LogP contribution in [0.3, 0.4) is 0 Å². The first-order valence-corrected chi connectivity index (χ1v) is 9.19. The number of nitrogens with two attached hydrogens (primary N) is 1. The molecule has 2 aromatic rings. The molecule has 1 aliphatic rings. The number of piperazine rings is 1. The molecule has 3 N–H and O–H groups in total. The molecule has 6 nitrogen and oxygen atoms in total. The van der Waals surface area contributed by atoms with Gasteiger partial charge in [0.05, 0.1) is 6.04 Å². The maximum Gasteiger partial charge on any atom is 0.241 e. The van der Waals surface area contributed by atoms with Crippen molar-refractivity contribution in [1.82, 2.24) is 9.88 Å². The number of nitrogens with zero attached hydrogens (tertiary/aromatic N) is 3. The van der Waals surface area contributed by atoms with E-state index in [1.165, 1.54) is 5.56 Å².